The maximum Gasteiger partial charge on any atom is 0.407 e. The van der Waals surface area contributed by atoms with Crippen LogP contribution in [0.1, 0.15) is 42.3 Å². The first-order chi connectivity index (χ1) is 10.2. The number of anilines is 1. The van der Waals surface area contributed by atoms with Crippen LogP contribution in [0.5, 0.6) is 0 Å². The zero-order valence-corrected chi connectivity index (χ0v) is 13.6. The van der Waals surface area contributed by atoms with Gasteiger partial charge in [-0.25, -0.2) is 14.6 Å². The molecule has 0 radical (unpaired) electrons. The molecule has 22 heavy (non-hydrogen) atoms. The average molecular weight is 309 g/mol. The maximum absolute atomic E-state index is 11.9. The monoisotopic (exact) mass is 309 g/mol. The van der Waals surface area contributed by atoms with Crippen molar-refractivity contribution in [1.29, 1.82) is 0 Å². The molecule has 3 N–H and O–H groups in total. The summed E-state index contributed by atoms with van der Waals surface area (Å²) in [6, 6.07) is 0. The SMILES string of the molecule is COC(=O)c1c(C)cnc(N)c1CCNC(=O)OC(C)(C)C. The van der Waals surface area contributed by atoms with Gasteiger partial charge in [-0.1, -0.05) is 0 Å². The van der Waals surface area contributed by atoms with Crippen LogP contribution in [0.25, 0.3) is 0 Å². The molecule has 7 nitrogen and oxygen atoms in total. The predicted octanol–water partition coefficient (Wildman–Crippen LogP) is 1.83. The van der Waals surface area contributed by atoms with Gasteiger partial charge in [0.1, 0.15) is 11.4 Å². The second-order valence-corrected chi connectivity index (χ2v) is 5.85. The Hall–Kier alpha value is -2.31. The van der Waals surface area contributed by atoms with Crippen molar-refractivity contribution < 1.29 is 19.1 Å². The molecule has 0 saturated carbocycles. The molecule has 1 heterocycles. The van der Waals surface area contributed by atoms with Crippen molar-refractivity contribution in [1.82, 2.24) is 10.3 Å². The molecule has 0 fully saturated rings. The highest BCUT2D eigenvalue weighted by atomic mass is 16.6. The number of hydrogen-bond acceptors (Lipinski definition) is 6. The summed E-state index contributed by atoms with van der Waals surface area (Å²) in [5.41, 5.74) is 6.90. The number of amides is 1. The summed E-state index contributed by atoms with van der Waals surface area (Å²) < 4.78 is 9.91. The largest absolute Gasteiger partial charge is 0.465 e. The van der Waals surface area contributed by atoms with Crippen molar-refractivity contribution in [3.8, 4) is 0 Å². The normalized spacial score (nSPS) is 11.0. The Morgan fingerprint density at radius 2 is 2.00 bits per heavy atom. The number of nitrogens with zero attached hydrogens (tertiary/aromatic N) is 1. The lowest BCUT2D eigenvalue weighted by Crippen LogP contribution is -2.33. The first-order valence-corrected chi connectivity index (χ1v) is 6.95. The Kier molecular flexibility index (Phi) is 5.73. The number of hydrogen-bond donors (Lipinski definition) is 2. The van der Waals surface area contributed by atoms with Gasteiger partial charge in [-0.15, -0.1) is 0 Å². The number of carbonyl (C=O) groups excluding carboxylic acids is 2. The molecule has 0 aliphatic heterocycles. The summed E-state index contributed by atoms with van der Waals surface area (Å²) in [5.74, 6) is -0.226. The lowest BCUT2D eigenvalue weighted by molar-refractivity contribution is 0.0528. The van der Waals surface area contributed by atoms with Crippen LogP contribution in [-0.4, -0.2) is 36.3 Å². The Labute approximate surface area is 130 Å². The molecule has 0 spiro atoms. The number of pyridine rings is 1. The number of aromatic nitrogens is 1. The maximum atomic E-state index is 11.9. The topological polar surface area (TPSA) is 104 Å². The van der Waals surface area contributed by atoms with Crippen LogP contribution in [0.3, 0.4) is 0 Å². The molecule has 1 aromatic rings. The highest BCUT2D eigenvalue weighted by Crippen LogP contribution is 2.20. The number of alkyl carbamates (subject to hydrolysis) is 1. The molecule has 0 aliphatic rings. The molecular formula is C15H23N3O4. The van der Waals surface area contributed by atoms with Crippen LogP contribution in [0, 0.1) is 6.92 Å². The Balaban J connectivity index is 2.80. The van der Waals surface area contributed by atoms with Gasteiger partial charge >= 0.3 is 12.1 Å². The Bertz CT molecular complexity index is 565. The minimum absolute atomic E-state index is 0.247. The number of nitrogen functional groups attached to an aromatic ring is 1. The minimum atomic E-state index is -0.564. The number of esters is 1. The fourth-order valence-corrected chi connectivity index (χ4v) is 1.92. The first kappa shape index (κ1) is 17.7. The van der Waals surface area contributed by atoms with E-state index in [2.05, 4.69) is 10.3 Å². The molecular weight excluding hydrogens is 286 g/mol. The van der Waals surface area contributed by atoms with Gasteiger partial charge in [0.05, 0.1) is 12.7 Å². The number of carbonyl (C=O) groups is 2. The Morgan fingerprint density at radius 3 is 2.55 bits per heavy atom. The van der Waals surface area contributed by atoms with Crippen LogP contribution >= 0.6 is 0 Å². The Morgan fingerprint density at radius 1 is 1.36 bits per heavy atom. The van der Waals surface area contributed by atoms with Gasteiger partial charge in [0.2, 0.25) is 0 Å². The second kappa shape index (κ2) is 7.11. The molecule has 0 bridgehead atoms. The van der Waals surface area contributed by atoms with E-state index in [0.29, 0.717) is 23.1 Å². The van der Waals surface area contributed by atoms with Crippen molar-refractivity contribution >= 4 is 17.9 Å². The van der Waals surface area contributed by atoms with E-state index in [1.54, 1.807) is 27.7 Å². The highest BCUT2D eigenvalue weighted by molar-refractivity contribution is 5.93. The summed E-state index contributed by atoms with van der Waals surface area (Å²) in [5, 5.41) is 2.62. The fourth-order valence-electron chi connectivity index (χ4n) is 1.92. The van der Waals surface area contributed by atoms with E-state index in [1.807, 2.05) is 0 Å². The van der Waals surface area contributed by atoms with Gasteiger partial charge in [-0.3, -0.25) is 0 Å². The van der Waals surface area contributed by atoms with Crippen LogP contribution in [-0.2, 0) is 15.9 Å². The molecule has 0 unspecified atom stereocenters. The summed E-state index contributed by atoms with van der Waals surface area (Å²) in [6.45, 7) is 7.37. The zero-order valence-electron chi connectivity index (χ0n) is 13.6. The lowest BCUT2D eigenvalue weighted by Gasteiger charge is -2.20. The third-order valence-corrected chi connectivity index (χ3v) is 2.84. The third kappa shape index (κ3) is 4.91. The third-order valence-electron chi connectivity index (χ3n) is 2.84. The summed E-state index contributed by atoms with van der Waals surface area (Å²) in [7, 11) is 1.31. The summed E-state index contributed by atoms with van der Waals surface area (Å²) in [6.07, 6.45) is 1.35. The van der Waals surface area contributed by atoms with Crippen LogP contribution in [0.4, 0.5) is 10.6 Å². The lowest BCUT2D eigenvalue weighted by atomic mass is 10.0. The summed E-state index contributed by atoms with van der Waals surface area (Å²) in [4.78, 5) is 27.5. The van der Waals surface area contributed by atoms with E-state index >= 15 is 0 Å². The first-order valence-electron chi connectivity index (χ1n) is 6.95. The van der Waals surface area contributed by atoms with E-state index in [0.717, 1.165) is 0 Å². The number of nitrogens with one attached hydrogen (secondary N) is 1. The van der Waals surface area contributed by atoms with Gasteiger partial charge in [0, 0.05) is 18.3 Å². The van der Waals surface area contributed by atoms with E-state index in [9.17, 15) is 9.59 Å². The highest BCUT2D eigenvalue weighted by Gasteiger charge is 2.19. The van der Waals surface area contributed by atoms with Crippen LogP contribution in [0.15, 0.2) is 6.20 Å². The zero-order chi connectivity index (χ0) is 16.9. The molecule has 0 saturated heterocycles. The molecule has 0 atom stereocenters. The fraction of sp³-hybridized carbons (Fsp3) is 0.533. The predicted molar refractivity (Wildman–Crippen MR) is 82.7 cm³/mol. The van der Waals surface area contributed by atoms with Crippen molar-refractivity contribution in [3.05, 3.63) is 22.9 Å². The van der Waals surface area contributed by atoms with Crippen LogP contribution < -0.4 is 11.1 Å². The average Bonchev–Trinajstić information content (AvgIpc) is 2.40. The number of nitrogens with two attached hydrogens (primary N) is 1. The summed E-state index contributed by atoms with van der Waals surface area (Å²) >= 11 is 0. The van der Waals surface area contributed by atoms with E-state index in [1.165, 1.54) is 13.3 Å². The van der Waals surface area contributed by atoms with Crippen molar-refractivity contribution in [2.45, 2.75) is 39.7 Å². The van der Waals surface area contributed by atoms with Crippen molar-refractivity contribution in [2.24, 2.45) is 0 Å². The molecule has 1 rings (SSSR count). The molecule has 1 amide bonds. The second-order valence-electron chi connectivity index (χ2n) is 5.85. The van der Waals surface area contributed by atoms with Gasteiger partial charge in [-0.05, 0) is 39.7 Å². The van der Waals surface area contributed by atoms with Crippen molar-refractivity contribution in [2.75, 3.05) is 19.4 Å². The number of aryl methyl sites for hydroxylation is 1. The van der Waals surface area contributed by atoms with E-state index < -0.39 is 17.7 Å². The van der Waals surface area contributed by atoms with Crippen LogP contribution in [0.2, 0.25) is 0 Å². The van der Waals surface area contributed by atoms with Gasteiger partial charge < -0.3 is 20.5 Å². The van der Waals surface area contributed by atoms with Gasteiger partial charge in [0.15, 0.2) is 0 Å². The van der Waals surface area contributed by atoms with E-state index in [4.69, 9.17) is 15.2 Å². The van der Waals surface area contributed by atoms with Gasteiger partial charge in [0.25, 0.3) is 0 Å². The molecule has 1 aromatic heterocycles. The smallest absolute Gasteiger partial charge is 0.407 e. The molecule has 7 heteroatoms. The number of ether oxygens (including phenoxy) is 2. The molecule has 0 aromatic carbocycles. The van der Waals surface area contributed by atoms with Crippen molar-refractivity contribution in [3.63, 3.8) is 0 Å². The number of methoxy groups -OCH3 is 1. The van der Waals surface area contributed by atoms with Gasteiger partial charge in [-0.2, -0.15) is 0 Å². The standard InChI is InChI=1S/C15H23N3O4/c1-9-8-18-12(16)10(11(9)13(19)21-5)6-7-17-14(20)22-15(2,3)4/h8H,6-7H2,1-5H3,(H2,16,18)(H,17,20). The quantitative estimate of drug-likeness (QED) is 0.822. The number of rotatable bonds is 4. The van der Waals surface area contributed by atoms with E-state index in [-0.39, 0.29) is 12.4 Å². The molecule has 0 aliphatic carbocycles. The molecule has 122 valence electrons. The minimum Gasteiger partial charge on any atom is -0.465 e.